The predicted molar refractivity (Wildman–Crippen MR) is 73.5 cm³/mol. The Morgan fingerprint density at radius 3 is 2.11 bits per heavy atom. The molecule has 0 bridgehead atoms. The summed E-state index contributed by atoms with van der Waals surface area (Å²) in [4.78, 5) is 16.7. The van der Waals surface area contributed by atoms with E-state index in [0.717, 1.165) is 25.9 Å². The molecule has 2 fully saturated rings. The standard InChI is InChI=1S/C14H27N3O/c1-15-14(18)13-5-9-17(10-6-13)12-11-16-7-3-2-4-8-16/h13H,2-12H2,1H3,(H,15,18). The molecule has 18 heavy (non-hydrogen) atoms. The van der Waals surface area contributed by atoms with Crippen molar-refractivity contribution in [2.75, 3.05) is 46.3 Å². The zero-order valence-corrected chi connectivity index (χ0v) is 11.7. The van der Waals surface area contributed by atoms with Crippen LogP contribution in [0.25, 0.3) is 0 Å². The van der Waals surface area contributed by atoms with Crippen molar-refractivity contribution in [1.29, 1.82) is 0 Å². The second-order valence-corrected chi connectivity index (χ2v) is 5.63. The highest BCUT2D eigenvalue weighted by Crippen LogP contribution is 2.17. The second-order valence-electron chi connectivity index (χ2n) is 5.63. The molecule has 0 unspecified atom stereocenters. The maximum absolute atomic E-state index is 11.5. The zero-order valence-electron chi connectivity index (χ0n) is 11.7. The van der Waals surface area contributed by atoms with Crippen LogP contribution >= 0.6 is 0 Å². The number of hydrogen-bond donors (Lipinski definition) is 1. The predicted octanol–water partition coefficient (Wildman–Crippen LogP) is 0.930. The molecule has 0 aromatic carbocycles. The molecule has 0 aromatic rings. The van der Waals surface area contributed by atoms with Gasteiger partial charge in [0.1, 0.15) is 0 Å². The fraction of sp³-hybridized carbons (Fsp3) is 0.929. The van der Waals surface area contributed by atoms with Crippen LogP contribution in [0.2, 0.25) is 0 Å². The number of piperidine rings is 2. The SMILES string of the molecule is CNC(=O)C1CCN(CCN2CCCCC2)CC1. The lowest BCUT2D eigenvalue weighted by atomic mass is 9.96. The number of hydrogen-bond acceptors (Lipinski definition) is 3. The lowest BCUT2D eigenvalue weighted by molar-refractivity contribution is -0.125. The first kappa shape index (κ1) is 13.8. The zero-order chi connectivity index (χ0) is 12.8. The summed E-state index contributed by atoms with van der Waals surface area (Å²) in [6, 6.07) is 0. The maximum atomic E-state index is 11.5. The molecule has 104 valence electrons. The summed E-state index contributed by atoms with van der Waals surface area (Å²) in [6.45, 7) is 7.15. The van der Waals surface area contributed by atoms with Crippen LogP contribution in [-0.4, -0.2) is 62.0 Å². The van der Waals surface area contributed by atoms with E-state index in [4.69, 9.17) is 0 Å². The molecule has 1 N–H and O–H groups in total. The summed E-state index contributed by atoms with van der Waals surface area (Å²) < 4.78 is 0. The molecule has 2 aliphatic rings. The number of carbonyl (C=O) groups is 1. The molecule has 2 rings (SSSR count). The molecule has 0 atom stereocenters. The van der Waals surface area contributed by atoms with E-state index in [1.165, 1.54) is 45.4 Å². The third-order valence-corrected chi connectivity index (χ3v) is 4.39. The number of amides is 1. The average Bonchev–Trinajstić information content (AvgIpc) is 2.46. The van der Waals surface area contributed by atoms with E-state index in [1.807, 2.05) is 0 Å². The van der Waals surface area contributed by atoms with Crippen molar-refractivity contribution in [3.05, 3.63) is 0 Å². The van der Waals surface area contributed by atoms with Gasteiger partial charge >= 0.3 is 0 Å². The fourth-order valence-corrected chi connectivity index (χ4v) is 3.09. The van der Waals surface area contributed by atoms with Gasteiger partial charge in [0.05, 0.1) is 0 Å². The minimum absolute atomic E-state index is 0.227. The Morgan fingerprint density at radius 2 is 1.56 bits per heavy atom. The van der Waals surface area contributed by atoms with Gasteiger partial charge in [-0.15, -0.1) is 0 Å². The molecule has 1 amide bonds. The van der Waals surface area contributed by atoms with E-state index in [-0.39, 0.29) is 11.8 Å². The van der Waals surface area contributed by atoms with Gasteiger partial charge in [-0.1, -0.05) is 6.42 Å². The highest BCUT2D eigenvalue weighted by atomic mass is 16.1. The molecule has 2 heterocycles. The molecule has 4 nitrogen and oxygen atoms in total. The van der Waals surface area contributed by atoms with Crippen LogP contribution in [0.15, 0.2) is 0 Å². The third kappa shape index (κ3) is 3.95. The Balaban J connectivity index is 1.62. The molecule has 2 saturated heterocycles. The smallest absolute Gasteiger partial charge is 0.222 e. The van der Waals surface area contributed by atoms with Crippen molar-refractivity contribution in [1.82, 2.24) is 15.1 Å². The largest absolute Gasteiger partial charge is 0.359 e. The Hall–Kier alpha value is -0.610. The molecule has 4 heteroatoms. The molecule has 0 saturated carbocycles. The Kier molecular flexibility index (Phi) is 5.45. The normalized spacial score (nSPS) is 24.1. The van der Waals surface area contributed by atoms with Crippen LogP contribution in [0, 0.1) is 5.92 Å². The van der Waals surface area contributed by atoms with Gasteiger partial charge in [0.2, 0.25) is 5.91 Å². The summed E-state index contributed by atoms with van der Waals surface area (Å²) >= 11 is 0. The summed E-state index contributed by atoms with van der Waals surface area (Å²) in [7, 11) is 1.74. The number of rotatable bonds is 4. The minimum atomic E-state index is 0.227. The van der Waals surface area contributed by atoms with Gasteiger partial charge in [-0.25, -0.2) is 0 Å². The van der Waals surface area contributed by atoms with E-state index >= 15 is 0 Å². The van der Waals surface area contributed by atoms with Crippen LogP contribution in [-0.2, 0) is 4.79 Å². The van der Waals surface area contributed by atoms with E-state index in [1.54, 1.807) is 7.05 Å². The van der Waals surface area contributed by atoms with E-state index in [9.17, 15) is 4.79 Å². The van der Waals surface area contributed by atoms with Crippen molar-refractivity contribution in [2.24, 2.45) is 5.92 Å². The first-order valence-corrected chi connectivity index (χ1v) is 7.46. The highest BCUT2D eigenvalue weighted by Gasteiger charge is 2.24. The van der Waals surface area contributed by atoms with Crippen LogP contribution < -0.4 is 5.32 Å². The fourth-order valence-electron chi connectivity index (χ4n) is 3.09. The monoisotopic (exact) mass is 253 g/mol. The lowest BCUT2D eigenvalue weighted by Gasteiger charge is -2.34. The number of nitrogens with one attached hydrogen (secondary N) is 1. The maximum Gasteiger partial charge on any atom is 0.222 e. The Labute approximate surface area is 111 Å². The van der Waals surface area contributed by atoms with Crippen molar-refractivity contribution < 1.29 is 4.79 Å². The van der Waals surface area contributed by atoms with Crippen LogP contribution in [0.1, 0.15) is 32.1 Å². The van der Waals surface area contributed by atoms with E-state index in [0.29, 0.717) is 0 Å². The minimum Gasteiger partial charge on any atom is -0.359 e. The molecule has 2 aliphatic heterocycles. The van der Waals surface area contributed by atoms with Crippen LogP contribution in [0.4, 0.5) is 0 Å². The first-order valence-electron chi connectivity index (χ1n) is 7.46. The molecule has 0 radical (unpaired) electrons. The lowest BCUT2D eigenvalue weighted by Crippen LogP contribution is -2.43. The van der Waals surface area contributed by atoms with Crippen molar-refractivity contribution in [3.63, 3.8) is 0 Å². The van der Waals surface area contributed by atoms with Crippen molar-refractivity contribution in [3.8, 4) is 0 Å². The summed E-state index contributed by atoms with van der Waals surface area (Å²) in [5.74, 6) is 0.479. The number of nitrogens with zero attached hydrogens (tertiary/aromatic N) is 2. The van der Waals surface area contributed by atoms with E-state index in [2.05, 4.69) is 15.1 Å². The van der Waals surface area contributed by atoms with E-state index < -0.39 is 0 Å². The van der Waals surface area contributed by atoms with Gasteiger partial charge in [-0.3, -0.25) is 4.79 Å². The average molecular weight is 253 g/mol. The number of carbonyl (C=O) groups excluding carboxylic acids is 1. The first-order chi connectivity index (χ1) is 8.79. The highest BCUT2D eigenvalue weighted by molar-refractivity contribution is 5.78. The van der Waals surface area contributed by atoms with Crippen molar-refractivity contribution >= 4 is 5.91 Å². The quantitative estimate of drug-likeness (QED) is 0.809. The van der Waals surface area contributed by atoms with Crippen LogP contribution in [0.5, 0.6) is 0 Å². The molecular weight excluding hydrogens is 226 g/mol. The van der Waals surface area contributed by atoms with Gasteiger partial charge < -0.3 is 15.1 Å². The summed E-state index contributed by atoms with van der Waals surface area (Å²) in [6.07, 6.45) is 6.21. The number of likely N-dealkylation sites (tertiary alicyclic amines) is 2. The third-order valence-electron chi connectivity index (χ3n) is 4.39. The van der Waals surface area contributed by atoms with Gasteiger partial charge in [0.25, 0.3) is 0 Å². The Morgan fingerprint density at radius 1 is 1.00 bits per heavy atom. The molecular formula is C14H27N3O. The topological polar surface area (TPSA) is 35.6 Å². The van der Waals surface area contributed by atoms with Gasteiger partial charge in [-0.2, -0.15) is 0 Å². The van der Waals surface area contributed by atoms with Crippen LogP contribution in [0.3, 0.4) is 0 Å². The summed E-state index contributed by atoms with van der Waals surface area (Å²) in [5.41, 5.74) is 0. The second kappa shape index (κ2) is 7.10. The van der Waals surface area contributed by atoms with Crippen molar-refractivity contribution in [2.45, 2.75) is 32.1 Å². The van der Waals surface area contributed by atoms with Gasteiger partial charge in [-0.05, 0) is 51.9 Å². The molecule has 0 spiro atoms. The molecule has 0 aliphatic carbocycles. The van der Waals surface area contributed by atoms with Gasteiger partial charge in [0.15, 0.2) is 0 Å². The molecule has 0 aromatic heterocycles. The summed E-state index contributed by atoms with van der Waals surface area (Å²) in [5, 5.41) is 2.77. The Bertz CT molecular complexity index is 256. The van der Waals surface area contributed by atoms with Gasteiger partial charge in [0, 0.05) is 26.1 Å².